The van der Waals surface area contributed by atoms with Crippen LogP contribution in [0.25, 0.3) is 0 Å². The Morgan fingerprint density at radius 3 is 2.33 bits per heavy atom. The van der Waals surface area contributed by atoms with E-state index in [1.54, 1.807) is 4.90 Å². The molecule has 1 aliphatic rings. The fourth-order valence-electron chi connectivity index (χ4n) is 3.27. The van der Waals surface area contributed by atoms with Crippen molar-refractivity contribution in [2.75, 3.05) is 20.2 Å². The van der Waals surface area contributed by atoms with Crippen LogP contribution >= 0.6 is 0 Å². The van der Waals surface area contributed by atoms with Crippen LogP contribution in [0.1, 0.15) is 45.6 Å². The Hall–Kier alpha value is -2.77. The van der Waals surface area contributed by atoms with E-state index >= 15 is 0 Å². The monoisotopic (exact) mass is 420 g/mol. The van der Waals surface area contributed by atoms with Crippen molar-refractivity contribution in [3.8, 4) is 0 Å². The van der Waals surface area contributed by atoms with Gasteiger partial charge >= 0.3 is 18.2 Å². The molecule has 0 saturated carbocycles. The minimum Gasteiger partial charge on any atom is -0.467 e. The molecule has 1 atom stereocenters. The normalized spacial score (nSPS) is 15.8. The molecule has 0 aromatic heterocycles. The summed E-state index contributed by atoms with van der Waals surface area (Å²) in [6.07, 6.45) is 0.865. The second kappa shape index (κ2) is 10.8. The number of alkyl carbamates (subject to hydrolysis) is 1. The fourth-order valence-corrected chi connectivity index (χ4v) is 3.27. The highest BCUT2D eigenvalue weighted by molar-refractivity contribution is 5.81. The van der Waals surface area contributed by atoms with E-state index in [4.69, 9.17) is 14.2 Å². The number of benzene rings is 1. The fraction of sp³-hybridized carbons (Fsp3) is 0.591. The van der Waals surface area contributed by atoms with Crippen LogP contribution in [0.3, 0.4) is 0 Å². The predicted octanol–water partition coefficient (Wildman–Crippen LogP) is 3.49. The summed E-state index contributed by atoms with van der Waals surface area (Å²) in [5.74, 6) is -0.344. The Labute approximate surface area is 177 Å². The number of piperidine rings is 1. The molecule has 2 rings (SSSR count). The zero-order chi connectivity index (χ0) is 22.1. The van der Waals surface area contributed by atoms with E-state index in [9.17, 15) is 14.4 Å². The van der Waals surface area contributed by atoms with Crippen molar-refractivity contribution in [1.29, 1.82) is 0 Å². The number of amides is 2. The van der Waals surface area contributed by atoms with Crippen LogP contribution in [-0.4, -0.2) is 54.9 Å². The third kappa shape index (κ3) is 7.93. The highest BCUT2D eigenvalue weighted by Gasteiger charge is 2.31. The van der Waals surface area contributed by atoms with Crippen LogP contribution in [0.5, 0.6) is 0 Å². The molecule has 1 aromatic carbocycles. The summed E-state index contributed by atoms with van der Waals surface area (Å²) >= 11 is 0. The van der Waals surface area contributed by atoms with Crippen LogP contribution in [0.2, 0.25) is 0 Å². The Morgan fingerprint density at radius 2 is 1.77 bits per heavy atom. The number of carbonyl (C=O) groups is 3. The topological polar surface area (TPSA) is 94.2 Å². The Bertz CT molecular complexity index is 708. The van der Waals surface area contributed by atoms with Crippen LogP contribution in [0.4, 0.5) is 9.59 Å². The van der Waals surface area contributed by atoms with E-state index < -0.39 is 23.7 Å². The zero-order valence-electron chi connectivity index (χ0n) is 18.2. The van der Waals surface area contributed by atoms with Gasteiger partial charge in [-0.3, -0.25) is 0 Å². The zero-order valence-corrected chi connectivity index (χ0v) is 18.2. The molecule has 1 fully saturated rings. The number of nitrogens with one attached hydrogen (secondary N) is 1. The number of hydrogen-bond acceptors (Lipinski definition) is 6. The molecule has 0 bridgehead atoms. The van der Waals surface area contributed by atoms with Crippen LogP contribution in [0, 0.1) is 5.92 Å². The molecule has 166 valence electrons. The van der Waals surface area contributed by atoms with Crippen LogP contribution < -0.4 is 5.32 Å². The van der Waals surface area contributed by atoms with E-state index in [2.05, 4.69) is 5.32 Å². The Morgan fingerprint density at radius 1 is 1.13 bits per heavy atom. The summed E-state index contributed by atoms with van der Waals surface area (Å²) in [4.78, 5) is 38.2. The molecule has 1 aromatic rings. The summed E-state index contributed by atoms with van der Waals surface area (Å²) < 4.78 is 15.5. The van der Waals surface area contributed by atoms with Gasteiger partial charge in [-0.25, -0.2) is 14.4 Å². The molecular weight excluding hydrogens is 388 g/mol. The number of likely N-dealkylation sites (tertiary alicyclic amines) is 1. The first-order valence-corrected chi connectivity index (χ1v) is 10.2. The molecule has 30 heavy (non-hydrogen) atoms. The van der Waals surface area contributed by atoms with Crippen molar-refractivity contribution in [3.63, 3.8) is 0 Å². The molecule has 2 amide bonds. The van der Waals surface area contributed by atoms with E-state index in [0.29, 0.717) is 32.4 Å². The van der Waals surface area contributed by atoms with Crippen molar-refractivity contribution in [2.45, 2.75) is 58.3 Å². The number of carbonyl (C=O) groups excluding carboxylic acids is 3. The molecule has 0 aliphatic carbocycles. The van der Waals surface area contributed by atoms with Gasteiger partial charge in [0.05, 0.1) is 7.11 Å². The maximum absolute atomic E-state index is 12.2. The van der Waals surface area contributed by atoms with Gasteiger partial charge in [-0.15, -0.1) is 0 Å². The van der Waals surface area contributed by atoms with Gasteiger partial charge in [-0.05, 0) is 51.5 Å². The molecule has 1 N–H and O–H groups in total. The number of methoxy groups -OCH3 is 1. The highest BCUT2D eigenvalue weighted by atomic mass is 16.6. The first-order valence-electron chi connectivity index (χ1n) is 10.2. The average Bonchev–Trinajstić information content (AvgIpc) is 2.71. The maximum Gasteiger partial charge on any atom is 0.410 e. The van der Waals surface area contributed by atoms with Crippen LogP contribution in [0.15, 0.2) is 30.3 Å². The summed E-state index contributed by atoms with van der Waals surface area (Å²) in [7, 11) is 1.29. The number of esters is 1. The lowest BCUT2D eigenvalue weighted by molar-refractivity contribution is -0.143. The lowest BCUT2D eigenvalue weighted by Gasteiger charge is -2.34. The first kappa shape index (κ1) is 23.5. The van der Waals surface area contributed by atoms with E-state index in [1.807, 2.05) is 51.1 Å². The summed E-state index contributed by atoms with van der Waals surface area (Å²) in [5.41, 5.74) is 0.324. The van der Waals surface area contributed by atoms with Crippen LogP contribution in [-0.2, 0) is 25.6 Å². The van der Waals surface area contributed by atoms with E-state index in [1.165, 1.54) is 7.11 Å². The lowest BCUT2D eigenvalue weighted by Crippen LogP contribution is -2.46. The predicted molar refractivity (Wildman–Crippen MR) is 111 cm³/mol. The maximum atomic E-state index is 12.2. The molecule has 1 aliphatic heterocycles. The Kier molecular flexibility index (Phi) is 8.50. The van der Waals surface area contributed by atoms with Crippen molar-refractivity contribution in [1.82, 2.24) is 10.2 Å². The summed E-state index contributed by atoms with van der Waals surface area (Å²) in [5, 5.41) is 2.61. The SMILES string of the molecule is COC(=O)[C@@H](CC1CCN(C(=O)OC(C)(C)C)CC1)NC(=O)OCc1ccccc1. The van der Waals surface area contributed by atoms with Gasteiger partial charge in [0.25, 0.3) is 0 Å². The van der Waals surface area contributed by atoms with Crippen molar-refractivity contribution in [2.24, 2.45) is 5.92 Å². The number of hydrogen-bond donors (Lipinski definition) is 1. The van der Waals surface area contributed by atoms with Crippen molar-refractivity contribution < 1.29 is 28.6 Å². The summed E-state index contributed by atoms with van der Waals surface area (Å²) in [6.45, 7) is 6.72. The lowest BCUT2D eigenvalue weighted by atomic mass is 9.90. The molecule has 0 unspecified atom stereocenters. The molecule has 0 radical (unpaired) electrons. The number of nitrogens with zero attached hydrogens (tertiary/aromatic N) is 1. The quantitative estimate of drug-likeness (QED) is 0.559. The molecule has 8 heteroatoms. The highest BCUT2D eigenvalue weighted by Crippen LogP contribution is 2.24. The Balaban J connectivity index is 1.83. The largest absolute Gasteiger partial charge is 0.467 e. The molecule has 8 nitrogen and oxygen atoms in total. The molecule has 1 heterocycles. The minimum absolute atomic E-state index is 0.120. The number of ether oxygens (including phenoxy) is 3. The van der Waals surface area contributed by atoms with Crippen molar-refractivity contribution >= 4 is 18.2 Å². The molecule has 1 saturated heterocycles. The van der Waals surface area contributed by atoms with Gasteiger partial charge in [-0.1, -0.05) is 30.3 Å². The third-order valence-electron chi connectivity index (χ3n) is 4.83. The average molecular weight is 421 g/mol. The first-order chi connectivity index (χ1) is 14.2. The van der Waals surface area contributed by atoms with Gasteiger partial charge in [-0.2, -0.15) is 0 Å². The standard InChI is InChI=1S/C22H32N2O6/c1-22(2,3)30-21(27)24-12-10-16(11-13-24)14-18(19(25)28-4)23-20(26)29-15-17-8-6-5-7-9-17/h5-9,16,18H,10-15H2,1-4H3,(H,23,26)/t18-/m1/s1. The number of rotatable bonds is 6. The third-order valence-corrected chi connectivity index (χ3v) is 4.83. The van der Waals surface area contributed by atoms with Gasteiger partial charge < -0.3 is 24.4 Å². The van der Waals surface area contributed by atoms with Gasteiger partial charge in [0.15, 0.2) is 0 Å². The van der Waals surface area contributed by atoms with E-state index in [-0.39, 0.29) is 18.6 Å². The summed E-state index contributed by atoms with van der Waals surface area (Å²) in [6, 6.07) is 8.50. The van der Waals surface area contributed by atoms with Crippen molar-refractivity contribution in [3.05, 3.63) is 35.9 Å². The molecule has 0 spiro atoms. The van der Waals surface area contributed by atoms with Gasteiger partial charge in [0.2, 0.25) is 0 Å². The van der Waals surface area contributed by atoms with Gasteiger partial charge in [0.1, 0.15) is 18.2 Å². The van der Waals surface area contributed by atoms with E-state index in [0.717, 1.165) is 5.56 Å². The smallest absolute Gasteiger partial charge is 0.410 e. The molecular formula is C22H32N2O6. The minimum atomic E-state index is -0.795. The van der Waals surface area contributed by atoms with Gasteiger partial charge in [0, 0.05) is 13.1 Å². The second-order valence-electron chi connectivity index (χ2n) is 8.43. The second-order valence-corrected chi connectivity index (χ2v) is 8.43.